The number of aryl methyl sites for hydroxylation is 1. The molecule has 6 heteroatoms. The number of fused-ring (bicyclic) bond motifs is 1. The van der Waals surface area contributed by atoms with Gasteiger partial charge in [0.05, 0.1) is 5.56 Å². The Bertz CT molecular complexity index is 1470. The zero-order valence-corrected chi connectivity index (χ0v) is 19.6. The summed E-state index contributed by atoms with van der Waals surface area (Å²) in [5.74, 6) is 0.533. The highest BCUT2D eigenvalue weighted by Gasteiger charge is 2.10. The van der Waals surface area contributed by atoms with Gasteiger partial charge in [-0.15, -0.1) is 0 Å². The molecule has 5 aromatic rings. The zero-order chi connectivity index (χ0) is 23.8. The molecule has 0 saturated carbocycles. The summed E-state index contributed by atoms with van der Waals surface area (Å²) >= 11 is 0. The molecule has 5 rings (SSSR count). The first-order valence-electron chi connectivity index (χ1n) is 11.2. The normalized spacial score (nSPS) is 11.1. The first-order valence-corrected chi connectivity index (χ1v) is 11.2. The van der Waals surface area contributed by atoms with Gasteiger partial charge in [-0.3, -0.25) is 4.79 Å². The molecule has 34 heavy (non-hydrogen) atoms. The van der Waals surface area contributed by atoms with Crippen LogP contribution in [0.5, 0.6) is 0 Å². The third-order valence-electron chi connectivity index (χ3n) is 6.18. The zero-order valence-electron chi connectivity index (χ0n) is 19.6. The number of nitrogens with zero attached hydrogens (tertiary/aromatic N) is 4. The summed E-state index contributed by atoms with van der Waals surface area (Å²) in [6.45, 7) is 2.76. The molecule has 0 aliphatic carbocycles. The van der Waals surface area contributed by atoms with Gasteiger partial charge < -0.3 is 19.8 Å². The van der Waals surface area contributed by atoms with Crippen LogP contribution in [0.3, 0.4) is 0 Å². The Morgan fingerprint density at radius 3 is 2.38 bits per heavy atom. The Hall–Kier alpha value is -4.32. The van der Waals surface area contributed by atoms with Gasteiger partial charge >= 0.3 is 0 Å². The lowest BCUT2D eigenvalue weighted by Gasteiger charge is -2.12. The lowest BCUT2D eigenvalue weighted by molar-refractivity contribution is 0.100. The average Bonchev–Trinajstić information content (AvgIpc) is 3.43. The number of benzene rings is 2. The van der Waals surface area contributed by atoms with E-state index in [1.54, 1.807) is 6.20 Å². The van der Waals surface area contributed by atoms with Crippen LogP contribution in [0.1, 0.15) is 21.6 Å². The summed E-state index contributed by atoms with van der Waals surface area (Å²) in [4.78, 5) is 18.0. The number of rotatable bonds is 6. The monoisotopic (exact) mass is 449 g/mol. The summed E-state index contributed by atoms with van der Waals surface area (Å²) in [7, 11) is 3.98. The number of hydrogen-bond donors (Lipinski definition) is 1. The minimum atomic E-state index is -0.415. The van der Waals surface area contributed by atoms with Gasteiger partial charge in [0, 0.05) is 67.1 Å². The van der Waals surface area contributed by atoms with E-state index in [1.165, 1.54) is 5.56 Å². The van der Waals surface area contributed by atoms with Gasteiger partial charge in [0.1, 0.15) is 5.82 Å². The topological polar surface area (TPSA) is 69.1 Å². The maximum Gasteiger partial charge on any atom is 0.250 e. The van der Waals surface area contributed by atoms with Crippen LogP contribution in [0.4, 0.5) is 5.82 Å². The van der Waals surface area contributed by atoms with Crippen molar-refractivity contribution >= 4 is 22.6 Å². The van der Waals surface area contributed by atoms with Gasteiger partial charge in [-0.25, -0.2) is 4.98 Å². The number of carbonyl (C=O) groups excluding carboxylic acids is 1. The second-order valence-corrected chi connectivity index (χ2v) is 8.79. The van der Waals surface area contributed by atoms with Crippen molar-refractivity contribution in [3.05, 3.63) is 102 Å². The fourth-order valence-electron chi connectivity index (χ4n) is 4.28. The maximum atomic E-state index is 11.5. The van der Waals surface area contributed by atoms with Gasteiger partial charge in [0.2, 0.25) is 5.91 Å². The molecule has 3 heterocycles. The smallest absolute Gasteiger partial charge is 0.250 e. The van der Waals surface area contributed by atoms with Crippen LogP contribution in [0.15, 0.2) is 85.3 Å². The molecule has 0 saturated heterocycles. The van der Waals surface area contributed by atoms with Crippen molar-refractivity contribution in [2.75, 3.05) is 19.0 Å². The molecule has 2 N–H and O–H groups in total. The summed E-state index contributed by atoms with van der Waals surface area (Å²) < 4.78 is 4.24. The number of anilines is 1. The standard InChI is InChI=1S/C28H27N5O/c1-19-14-24(28(29)34)18-33(19)25-9-10-26-22(15-25)12-13-32(26)17-20-4-6-21(7-5-20)23-8-11-27(30-16-23)31(2)3/h4-16,18H,17H2,1-3H3,(H2,29,34). The lowest BCUT2D eigenvalue weighted by Crippen LogP contribution is -2.09. The van der Waals surface area contributed by atoms with E-state index in [4.69, 9.17) is 5.73 Å². The van der Waals surface area contributed by atoms with Crippen molar-refractivity contribution in [1.29, 1.82) is 0 Å². The van der Waals surface area contributed by atoms with E-state index in [2.05, 4.69) is 70.3 Å². The first-order chi connectivity index (χ1) is 16.4. The van der Waals surface area contributed by atoms with Gasteiger partial charge in [0.25, 0.3) is 0 Å². The minimum Gasteiger partial charge on any atom is -0.366 e. The van der Waals surface area contributed by atoms with Crippen LogP contribution in [0, 0.1) is 6.92 Å². The molecule has 0 radical (unpaired) electrons. The summed E-state index contributed by atoms with van der Waals surface area (Å²) in [5.41, 5.74) is 12.6. The van der Waals surface area contributed by atoms with E-state index in [-0.39, 0.29) is 0 Å². The molecule has 0 aliphatic rings. The number of nitrogens with two attached hydrogens (primary N) is 1. The molecular formula is C28H27N5O. The van der Waals surface area contributed by atoms with Gasteiger partial charge in [-0.05, 0) is 60.5 Å². The molecule has 1 amide bonds. The molecule has 0 bridgehead atoms. The van der Waals surface area contributed by atoms with E-state index in [0.29, 0.717) is 5.56 Å². The molecule has 0 fully saturated rings. The Labute approximate surface area is 198 Å². The number of pyridine rings is 1. The SMILES string of the molecule is Cc1cc(C(N)=O)cn1-c1ccc2c(ccn2Cc2ccc(-c3ccc(N(C)C)nc3)cc2)c1. The Kier molecular flexibility index (Phi) is 5.42. The fourth-order valence-corrected chi connectivity index (χ4v) is 4.28. The number of primary amides is 1. The highest BCUT2D eigenvalue weighted by Crippen LogP contribution is 2.25. The third kappa shape index (κ3) is 4.06. The molecular weight excluding hydrogens is 422 g/mol. The molecule has 2 aromatic carbocycles. The number of carbonyl (C=O) groups is 1. The predicted octanol–water partition coefficient (Wildman–Crippen LogP) is 5.02. The molecule has 3 aromatic heterocycles. The molecule has 0 aliphatic heterocycles. The minimum absolute atomic E-state index is 0.415. The van der Waals surface area contributed by atoms with E-state index in [0.717, 1.165) is 45.8 Å². The second-order valence-electron chi connectivity index (χ2n) is 8.79. The molecule has 170 valence electrons. The average molecular weight is 450 g/mol. The predicted molar refractivity (Wildman–Crippen MR) is 138 cm³/mol. The molecule has 6 nitrogen and oxygen atoms in total. The van der Waals surface area contributed by atoms with Crippen LogP contribution in [0.25, 0.3) is 27.7 Å². The largest absolute Gasteiger partial charge is 0.366 e. The molecule has 0 unspecified atom stereocenters. The van der Waals surface area contributed by atoms with E-state index >= 15 is 0 Å². The van der Waals surface area contributed by atoms with Crippen LogP contribution >= 0.6 is 0 Å². The third-order valence-corrected chi connectivity index (χ3v) is 6.18. The van der Waals surface area contributed by atoms with Crippen molar-refractivity contribution < 1.29 is 4.79 Å². The van der Waals surface area contributed by atoms with Crippen molar-refractivity contribution in [2.45, 2.75) is 13.5 Å². The molecule has 0 atom stereocenters. The lowest BCUT2D eigenvalue weighted by atomic mass is 10.1. The summed E-state index contributed by atoms with van der Waals surface area (Å²) in [6, 6.07) is 23.1. The van der Waals surface area contributed by atoms with Crippen molar-refractivity contribution in [3.63, 3.8) is 0 Å². The van der Waals surface area contributed by atoms with Crippen LogP contribution in [0.2, 0.25) is 0 Å². The van der Waals surface area contributed by atoms with Crippen molar-refractivity contribution in [1.82, 2.24) is 14.1 Å². The maximum absolute atomic E-state index is 11.5. The van der Waals surface area contributed by atoms with E-state index in [9.17, 15) is 4.79 Å². The van der Waals surface area contributed by atoms with E-state index in [1.807, 2.05) is 48.8 Å². The van der Waals surface area contributed by atoms with Gasteiger partial charge in [0.15, 0.2) is 0 Å². The number of hydrogen-bond acceptors (Lipinski definition) is 3. The van der Waals surface area contributed by atoms with Crippen LogP contribution in [-0.2, 0) is 6.54 Å². The summed E-state index contributed by atoms with van der Waals surface area (Å²) in [5, 5.41) is 1.15. The highest BCUT2D eigenvalue weighted by atomic mass is 16.1. The Morgan fingerprint density at radius 2 is 1.74 bits per heavy atom. The second kappa shape index (κ2) is 8.56. The van der Waals surface area contributed by atoms with E-state index < -0.39 is 5.91 Å². The molecule has 0 spiro atoms. The Balaban J connectivity index is 1.36. The van der Waals surface area contributed by atoms with Crippen LogP contribution in [-0.4, -0.2) is 34.1 Å². The van der Waals surface area contributed by atoms with Gasteiger partial charge in [-0.1, -0.05) is 24.3 Å². The number of amides is 1. The highest BCUT2D eigenvalue weighted by molar-refractivity contribution is 5.93. The summed E-state index contributed by atoms with van der Waals surface area (Å²) in [6.07, 6.45) is 5.82. The first kappa shape index (κ1) is 21.5. The Morgan fingerprint density at radius 1 is 0.971 bits per heavy atom. The van der Waals surface area contributed by atoms with Crippen molar-refractivity contribution in [3.8, 4) is 16.8 Å². The number of aromatic nitrogens is 3. The fraction of sp³-hybridized carbons (Fsp3) is 0.143. The quantitative estimate of drug-likeness (QED) is 0.396. The van der Waals surface area contributed by atoms with Gasteiger partial charge in [-0.2, -0.15) is 0 Å². The van der Waals surface area contributed by atoms with Crippen LogP contribution < -0.4 is 10.6 Å². The van der Waals surface area contributed by atoms with Crippen molar-refractivity contribution in [2.24, 2.45) is 5.73 Å².